The molecule has 136 valence electrons. The van der Waals surface area contributed by atoms with Gasteiger partial charge in [-0.2, -0.15) is 0 Å². The van der Waals surface area contributed by atoms with Crippen LogP contribution in [-0.4, -0.2) is 66.5 Å². The number of ether oxygens (including phenoxy) is 1. The number of fused-ring (bicyclic) bond motifs is 1. The third kappa shape index (κ3) is 3.85. The average molecular weight is 345 g/mol. The number of hydrogen-bond acceptors (Lipinski definition) is 4. The second kappa shape index (κ2) is 7.54. The van der Waals surface area contributed by atoms with Crippen LogP contribution in [0.1, 0.15) is 36.2 Å². The van der Waals surface area contributed by atoms with E-state index in [0.29, 0.717) is 25.6 Å². The van der Waals surface area contributed by atoms with Gasteiger partial charge in [-0.3, -0.25) is 14.5 Å². The Kier molecular flexibility index (Phi) is 5.39. The minimum Gasteiger partial charge on any atom is -0.378 e. The zero-order valence-corrected chi connectivity index (χ0v) is 15.2. The highest BCUT2D eigenvalue weighted by Gasteiger charge is 2.35. The normalized spacial score (nSPS) is 23.4. The van der Waals surface area contributed by atoms with E-state index in [4.69, 9.17) is 4.74 Å². The number of benzene rings is 1. The highest BCUT2D eigenvalue weighted by Crippen LogP contribution is 2.22. The number of carbonyl (C=O) groups is 2. The van der Waals surface area contributed by atoms with Gasteiger partial charge in [0.05, 0.1) is 12.1 Å². The molecule has 2 aliphatic heterocycles. The first kappa shape index (κ1) is 17.9. The smallest absolute Gasteiger partial charge is 0.254 e. The van der Waals surface area contributed by atoms with E-state index in [2.05, 4.69) is 24.1 Å². The molecule has 1 aromatic rings. The van der Waals surface area contributed by atoms with Crippen molar-refractivity contribution in [2.45, 2.75) is 45.0 Å². The van der Waals surface area contributed by atoms with E-state index in [1.54, 1.807) is 12.0 Å². The lowest BCUT2D eigenvalue weighted by atomic mass is 10.1. The fourth-order valence-corrected chi connectivity index (χ4v) is 3.61. The molecule has 0 aromatic heterocycles. The van der Waals surface area contributed by atoms with Gasteiger partial charge >= 0.3 is 0 Å². The predicted octanol–water partition coefficient (Wildman–Crippen LogP) is 1.26. The summed E-state index contributed by atoms with van der Waals surface area (Å²) in [6.07, 6.45) is 0.331. The second-order valence-electron chi connectivity index (χ2n) is 7.13. The molecule has 25 heavy (non-hydrogen) atoms. The Morgan fingerprint density at radius 2 is 2.08 bits per heavy atom. The maximum absolute atomic E-state index is 12.4. The summed E-state index contributed by atoms with van der Waals surface area (Å²) in [5.74, 6) is -0.00794. The van der Waals surface area contributed by atoms with E-state index in [1.807, 2.05) is 24.3 Å². The van der Waals surface area contributed by atoms with Crippen LogP contribution in [0.3, 0.4) is 0 Å². The molecule has 2 atom stereocenters. The molecule has 2 amide bonds. The summed E-state index contributed by atoms with van der Waals surface area (Å²) in [4.78, 5) is 28.7. The van der Waals surface area contributed by atoms with Gasteiger partial charge in [0.2, 0.25) is 5.91 Å². The van der Waals surface area contributed by atoms with Gasteiger partial charge in [0.15, 0.2) is 0 Å². The lowest BCUT2D eigenvalue weighted by Crippen LogP contribution is -2.44. The van der Waals surface area contributed by atoms with E-state index in [1.165, 1.54) is 0 Å². The minimum atomic E-state index is -0.0265. The number of nitrogens with zero attached hydrogens (tertiary/aromatic N) is 2. The van der Waals surface area contributed by atoms with Crippen LogP contribution < -0.4 is 5.32 Å². The molecule has 3 rings (SSSR count). The SMILES string of the molecule is CO[C@H]1CN(C(C)C)C[C@@H]1NC(=O)CCN1Cc2ccccc2C1=O. The van der Waals surface area contributed by atoms with Gasteiger partial charge in [-0.25, -0.2) is 0 Å². The highest BCUT2D eigenvalue weighted by molar-refractivity contribution is 5.98. The van der Waals surface area contributed by atoms with Crippen LogP contribution in [0.25, 0.3) is 0 Å². The lowest BCUT2D eigenvalue weighted by Gasteiger charge is -2.21. The maximum atomic E-state index is 12.4. The van der Waals surface area contributed by atoms with Crippen molar-refractivity contribution in [3.8, 4) is 0 Å². The van der Waals surface area contributed by atoms with Crippen LogP contribution in [0.5, 0.6) is 0 Å². The summed E-state index contributed by atoms with van der Waals surface area (Å²) in [5.41, 5.74) is 1.79. The molecular formula is C19H27N3O3. The molecule has 2 aliphatic rings. The van der Waals surface area contributed by atoms with Gasteiger partial charge in [0.25, 0.3) is 5.91 Å². The van der Waals surface area contributed by atoms with E-state index >= 15 is 0 Å². The molecule has 1 fully saturated rings. The Hall–Kier alpha value is -1.92. The highest BCUT2D eigenvalue weighted by atomic mass is 16.5. The topological polar surface area (TPSA) is 61.9 Å². The maximum Gasteiger partial charge on any atom is 0.254 e. The molecule has 2 heterocycles. The Bertz CT molecular complexity index is 647. The Morgan fingerprint density at radius 3 is 2.76 bits per heavy atom. The van der Waals surface area contributed by atoms with Gasteiger partial charge in [0, 0.05) is 51.3 Å². The molecule has 1 aromatic carbocycles. The largest absolute Gasteiger partial charge is 0.378 e. The quantitative estimate of drug-likeness (QED) is 0.843. The molecule has 0 unspecified atom stereocenters. The number of methoxy groups -OCH3 is 1. The zero-order chi connectivity index (χ0) is 18.0. The van der Waals surface area contributed by atoms with Crippen LogP contribution in [0.15, 0.2) is 24.3 Å². The molecule has 1 N–H and O–H groups in total. The van der Waals surface area contributed by atoms with Crippen molar-refractivity contribution >= 4 is 11.8 Å². The number of carbonyl (C=O) groups excluding carboxylic acids is 2. The van der Waals surface area contributed by atoms with Crippen molar-refractivity contribution in [1.29, 1.82) is 0 Å². The van der Waals surface area contributed by atoms with Crippen LogP contribution in [0.2, 0.25) is 0 Å². The fraction of sp³-hybridized carbons (Fsp3) is 0.579. The third-order valence-corrected chi connectivity index (χ3v) is 5.18. The molecule has 0 radical (unpaired) electrons. The van der Waals surface area contributed by atoms with Crippen molar-refractivity contribution in [3.63, 3.8) is 0 Å². The molecule has 0 saturated carbocycles. The second-order valence-corrected chi connectivity index (χ2v) is 7.13. The number of rotatable bonds is 6. The van der Waals surface area contributed by atoms with Crippen molar-refractivity contribution in [2.75, 3.05) is 26.7 Å². The van der Waals surface area contributed by atoms with Crippen LogP contribution in [0.4, 0.5) is 0 Å². The summed E-state index contributed by atoms with van der Waals surface area (Å²) in [5, 5.41) is 3.08. The molecule has 0 bridgehead atoms. The van der Waals surface area contributed by atoms with Gasteiger partial charge in [-0.1, -0.05) is 18.2 Å². The van der Waals surface area contributed by atoms with Crippen molar-refractivity contribution in [1.82, 2.24) is 15.1 Å². The van der Waals surface area contributed by atoms with Crippen molar-refractivity contribution in [3.05, 3.63) is 35.4 Å². The van der Waals surface area contributed by atoms with Gasteiger partial charge < -0.3 is 15.0 Å². The fourth-order valence-electron chi connectivity index (χ4n) is 3.61. The number of hydrogen-bond donors (Lipinski definition) is 1. The summed E-state index contributed by atoms with van der Waals surface area (Å²) in [7, 11) is 1.69. The first-order chi connectivity index (χ1) is 12.0. The summed E-state index contributed by atoms with van der Waals surface area (Å²) in [6.45, 7) is 6.96. The monoisotopic (exact) mass is 345 g/mol. The molecule has 0 spiro atoms. The molecule has 6 heteroatoms. The Balaban J connectivity index is 1.50. The lowest BCUT2D eigenvalue weighted by molar-refractivity contribution is -0.122. The molecule has 6 nitrogen and oxygen atoms in total. The predicted molar refractivity (Wildman–Crippen MR) is 95.2 cm³/mol. The molecule has 0 aliphatic carbocycles. The molecular weight excluding hydrogens is 318 g/mol. The van der Waals surface area contributed by atoms with E-state index in [-0.39, 0.29) is 24.0 Å². The third-order valence-electron chi connectivity index (χ3n) is 5.18. The number of likely N-dealkylation sites (tertiary alicyclic amines) is 1. The van der Waals surface area contributed by atoms with Gasteiger partial charge in [0.1, 0.15) is 0 Å². The Morgan fingerprint density at radius 1 is 1.32 bits per heavy atom. The van der Waals surface area contributed by atoms with Gasteiger partial charge in [-0.05, 0) is 25.5 Å². The number of amides is 2. The summed E-state index contributed by atoms with van der Waals surface area (Å²) >= 11 is 0. The summed E-state index contributed by atoms with van der Waals surface area (Å²) in [6, 6.07) is 8.06. The van der Waals surface area contributed by atoms with Gasteiger partial charge in [-0.15, -0.1) is 0 Å². The molecule has 1 saturated heterocycles. The van der Waals surface area contributed by atoms with E-state index in [9.17, 15) is 9.59 Å². The average Bonchev–Trinajstić information content (AvgIpc) is 3.15. The minimum absolute atomic E-state index is 0.00590. The van der Waals surface area contributed by atoms with Crippen molar-refractivity contribution < 1.29 is 14.3 Å². The standard InChI is InChI=1S/C19H27N3O3/c1-13(2)22-11-16(17(12-22)25-3)20-18(23)8-9-21-10-14-6-4-5-7-15(14)19(21)24/h4-7,13,16-17H,8-12H2,1-3H3,(H,20,23)/t16-,17-/m0/s1. The zero-order valence-electron chi connectivity index (χ0n) is 15.2. The van der Waals surface area contributed by atoms with Crippen molar-refractivity contribution in [2.24, 2.45) is 0 Å². The summed E-state index contributed by atoms with van der Waals surface area (Å²) < 4.78 is 5.52. The van der Waals surface area contributed by atoms with Crippen LogP contribution >= 0.6 is 0 Å². The Labute approximate surface area is 149 Å². The van der Waals surface area contributed by atoms with E-state index in [0.717, 1.165) is 24.2 Å². The van der Waals surface area contributed by atoms with Crippen LogP contribution in [-0.2, 0) is 16.1 Å². The van der Waals surface area contributed by atoms with E-state index < -0.39 is 0 Å². The number of nitrogens with one attached hydrogen (secondary N) is 1. The first-order valence-electron chi connectivity index (χ1n) is 8.93. The van der Waals surface area contributed by atoms with Crippen LogP contribution in [0, 0.1) is 0 Å². The first-order valence-corrected chi connectivity index (χ1v) is 8.93.